The van der Waals surface area contributed by atoms with Crippen LogP contribution in [-0.4, -0.2) is 156 Å². The Morgan fingerprint density at radius 1 is 0.380 bits per heavy atom. The van der Waals surface area contributed by atoms with E-state index in [9.17, 15) is 19.2 Å². The smallest absolute Gasteiger partial charge is 0.255 e. The zero-order chi connectivity index (χ0) is 90.3. The number of anilines is 11. The number of methoxy groups -OCH3 is 8. The highest BCUT2D eigenvalue weighted by Gasteiger charge is 2.38. The zero-order valence-corrected chi connectivity index (χ0v) is 74.4. The first-order valence-corrected chi connectivity index (χ1v) is 42.7. The molecule has 0 saturated carbocycles. The summed E-state index contributed by atoms with van der Waals surface area (Å²) in [5.74, 6) is 12.0. The monoisotopic (exact) mass is 1760 g/mol. The Morgan fingerprint density at radius 3 is 1.16 bits per heavy atom. The van der Waals surface area contributed by atoms with Crippen molar-refractivity contribution in [1.29, 1.82) is 0 Å². The van der Waals surface area contributed by atoms with Crippen LogP contribution < -0.4 is 90.6 Å². The molecule has 0 radical (unpaired) electrons. The summed E-state index contributed by atoms with van der Waals surface area (Å²) in [7, 11) is 13.1. The Morgan fingerprint density at radius 2 is 0.736 bits per heavy atom. The number of nitrogen functional groups attached to an aromatic ring is 1. The van der Waals surface area contributed by atoms with Gasteiger partial charge in [-0.25, -0.2) is 39.9 Å². The van der Waals surface area contributed by atoms with Crippen LogP contribution in [-0.2, 0) is 51.9 Å². The molecule has 0 bridgehead atoms. The summed E-state index contributed by atoms with van der Waals surface area (Å²) in [4.78, 5) is 92.4. The van der Waals surface area contributed by atoms with Gasteiger partial charge in [-0.05, 0) is 197 Å². The molecule has 32 nitrogen and oxygen atoms in total. The molecule has 664 valence electrons. The van der Waals surface area contributed by atoms with E-state index in [0.717, 1.165) is 222 Å². The summed E-state index contributed by atoms with van der Waals surface area (Å²) < 4.78 is 43.2. The van der Waals surface area contributed by atoms with E-state index in [2.05, 4.69) is 93.8 Å². The molecule has 8 aliphatic rings. The van der Waals surface area contributed by atoms with Gasteiger partial charge in [-0.15, -0.1) is 0 Å². The molecule has 129 heavy (non-hydrogen) atoms. The Labute approximate surface area is 752 Å². The molecule has 8 aromatic carbocycles. The maximum atomic E-state index is 13.4. The third-order valence-corrected chi connectivity index (χ3v) is 24.5. The SMILES string of the molecule is CC1NC(=O)c2ccc(Nc3ncnc4c3CCN4)cc21.CC1NC(=O)c2ccc(Nc3ncnc4c3CCN4)cc21.COc1ccc(CN2C(=O)c3ccc(N)cc3C2C)c(OC)c1.COc1ccc(CN2CCc3c(Cl)ncnc32)c(OC)c1.COc1ccc(CN2CCc3c(Nc4ccc5c(c4)C(C)N(Cc4ccc(OC)cc4OC)C5=O)ncnc32)c(OC)c1. The number of nitrogens with one attached hydrogen (secondary N) is 7. The number of halogens is 1. The van der Waals surface area contributed by atoms with Gasteiger partial charge in [-0.2, -0.15) is 0 Å². The van der Waals surface area contributed by atoms with E-state index >= 15 is 0 Å². The van der Waals surface area contributed by atoms with Crippen LogP contribution >= 0.6 is 11.6 Å². The molecule has 0 spiro atoms. The number of carbonyl (C=O) groups excluding carboxylic acids is 4. The molecular formula is C96H101ClN20O12. The second-order valence-corrected chi connectivity index (χ2v) is 32.1. The van der Waals surface area contributed by atoms with Gasteiger partial charge >= 0.3 is 0 Å². The van der Waals surface area contributed by atoms with Crippen molar-refractivity contribution in [3.63, 3.8) is 0 Å². The van der Waals surface area contributed by atoms with E-state index in [1.807, 2.05) is 164 Å². The molecule has 4 amide bonds. The van der Waals surface area contributed by atoms with Crippen LogP contribution in [0.2, 0.25) is 5.15 Å². The van der Waals surface area contributed by atoms with E-state index in [-0.39, 0.29) is 47.8 Å². The van der Waals surface area contributed by atoms with Crippen LogP contribution in [0.3, 0.4) is 0 Å². The van der Waals surface area contributed by atoms with Crippen LogP contribution in [0.25, 0.3) is 0 Å². The summed E-state index contributed by atoms with van der Waals surface area (Å²) in [5, 5.41) is 23.0. The predicted molar refractivity (Wildman–Crippen MR) is 494 cm³/mol. The molecule has 0 aliphatic carbocycles. The summed E-state index contributed by atoms with van der Waals surface area (Å²) >= 11 is 6.12. The Bertz CT molecular complexity index is 6140. The van der Waals surface area contributed by atoms with Gasteiger partial charge < -0.3 is 100 Å². The molecule has 33 heteroatoms. The number of aromatic nitrogens is 8. The van der Waals surface area contributed by atoms with Gasteiger partial charge in [-0.1, -0.05) is 11.6 Å². The topological polar surface area (TPSA) is 368 Å². The van der Waals surface area contributed by atoms with Crippen molar-refractivity contribution in [1.82, 2.24) is 60.3 Å². The van der Waals surface area contributed by atoms with Crippen LogP contribution in [0.5, 0.6) is 46.0 Å². The average molecular weight is 1760 g/mol. The molecule has 20 rings (SSSR count). The quantitative estimate of drug-likeness (QED) is 0.0231. The lowest BCUT2D eigenvalue weighted by molar-refractivity contribution is 0.0714. The van der Waals surface area contributed by atoms with Crippen LogP contribution in [0.1, 0.15) is 160 Å². The number of amides is 4. The average Bonchev–Trinajstić information content (AvgIpc) is 1.60. The van der Waals surface area contributed by atoms with Gasteiger partial charge in [-0.3, -0.25) is 19.2 Å². The standard InChI is InChI=1S/C33H35N5O5.C18H20N2O3.C15H16ClN3O2.2C15H15N5O/c1-20-28-14-23(8-11-26(28)33(39)38(20)18-22-7-10-25(41-3)16-30(22)43-5)36-31-27-12-13-37(32(27)35-19-34-31)17-21-6-9-24(40-2)15-29(21)42-4;1-11-16-8-13(19)5-7-15(16)18(21)20(11)10-12-4-6-14(22-2)9-17(12)23-3;1-20-11-4-3-10(13(7-11)21-2)8-19-6-5-12-14(16)17-9-18-15(12)19;2*1-8-12-6-9(2-3-10(12)15(21)19-8)20-14-11-4-5-16-13(11)17-7-18-14/h6-11,14-16,19-20H,12-13,17-18H2,1-5H3,(H,34,35,36);4-9,11H,10,19H2,1-3H3;3-4,7,9H,5-6,8H2,1-2H3;2*2-3,6-8H,4-5H2,1H3,(H,19,21)(H2,16,17,18,20). The summed E-state index contributed by atoms with van der Waals surface area (Å²) in [6.45, 7) is 13.8. The molecule has 8 aliphatic heterocycles. The van der Waals surface area contributed by atoms with Gasteiger partial charge in [0.15, 0.2) is 0 Å². The number of nitrogens with two attached hydrogens (primary N) is 1. The van der Waals surface area contributed by atoms with E-state index in [1.54, 1.807) is 88.0 Å². The molecule has 0 saturated heterocycles. The first kappa shape index (κ1) is 87.5. The van der Waals surface area contributed by atoms with Crippen LogP contribution in [0, 0.1) is 0 Å². The molecule has 4 aromatic heterocycles. The predicted octanol–water partition coefficient (Wildman–Crippen LogP) is 15.2. The van der Waals surface area contributed by atoms with Gasteiger partial charge in [0, 0.05) is 153 Å². The maximum Gasteiger partial charge on any atom is 0.255 e. The van der Waals surface area contributed by atoms with Crippen molar-refractivity contribution < 1.29 is 57.1 Å². The normalized spacial score (nSPS) is 16.3. The highest BCUT2D eigenvalue weighted by molar-refractivity contribution is 6.30. The van der Waals surface area contributed by atoms with Crippen LogP contribution in [0.15, 0.2) is 171 Å². The molecule has 9 N–H and O–H groups in total. The molecule has 4 atom stereocenters. The lowest BCUT2D eigenvalue weighted by Crippen LogP contribution is -2.26. The van der Waals surface area contributed by atoms with Crippen molar-refractivity contribution in [3.05, 3.63) is 265 Å². The summed E-state index contributed by atoms with van der Waals surface area (Å²) in [5.41, 5.74) is 24.5. The first-order valence-electron chi connectivity index (χ1n) is 42.3. The molecule has 12 heterocycles. The molecular weight excluding hydrogens is 1660 g/mol. The van der Waals surface area contributed by atoms with E-state index in [0.29, 0.717) is 59.8 Å². The van der Waals surface area contributed by atoms with Crippen molar-refractivity contribution >= 4 is 98.7 Å². The Hall–Kier alpha value is -15.0. The number of fused-ring (bicyclic) bond motifs is 8. The highest BCUT2D eigenvalue weighted by Crippen LogP contribution is 2.44. The minimum absolute atomic E-state index is 0.000509. The number of nitrogens with zero attached hydrogens (tertiary/aromatic N) is 12. The second kappa shape index (κ2) is 38.5. The highest BCUT2D eigenvalue weighted by atomic mass is 35.5. The van der Waals surface area contributed by atoms with Crippen molar-refractivity contribution in [2.24, 2.45) is 0 Å². The minimum atomic E-state index is -0.109. The lowest BCUT2D eigenvalue weighted by atomic mass is 10.0. The van der Waals surface area contributed by atoms with E-state index in [1.165, 1.54) is 6.33 Å². The molecule has 4 unspecified atom stereocenters. The van der Waals surface area contributed by atoms with Crippen molar-refractivity contribution in [2.75, 3.05) is 125 Å². The van der Waals surface area contributed by atoms with E-state index < -0.39 is 0 Å². The van der Waals surface area contributed by atoms with Crippen molar-refractivity contribution in [2.45, 2.75) is 104 Å². The van der Waals surface area contributed by atoms with Gasteiger partial charge in [0.2, 0.25) is 0 Å². The first-order chi connectivity index (χ1) is 62.6. The fourth-order valence-corrected chi connectivity index (χ4v) is 17.5. The van der Waals surface area contributed by atoms with Gasteiger partial charge in [0.05, 0.1) is 94.1 Å². The number of benzene rings is 8. The second-order valence-electron chi connectivity index (χ2n) is 31.7. The molecule has 0 fully saturated rings. The molecule has 12 aromatic rings. The number of hydrogen-bond donors (Lipinski definition) is 8. The minimum Gasteiger partial charge on any atom is -0.497 e. The van der Waals surface area contributed by atoms with E-state index in [4.69, 9.17) is 55.2 Å². The number of rotatable bonds is 22. The zero-order valence-electron chi connectivity index (χ0n) is 73.7. The number of hydrogen-bond acceptors (Lipinski definition) is 28. The fourth-order valence-electron chi connectivity index (χ4n) is 17.3. The number of carbonyl (C=O) groups is 4. The largest absolute Gasteiger partial charge is 0.497 e. The van der Waals surface area contributed by atoms with Gasteiger partial charge in [0.1, 0.15) is 117 Å². The fraction of sp³-hybridized carbons (Fsp3) is 0.292. The Balaban J connectivity index is 0.000000123. The third-order valence-electron chi connectivity index (χ3n) is 24.2. The lowest BCUT2D eigenvalue weighted by Gasteiger charge is -2.23. The summed E-state index contributed by atoms with van der Waals surface area (Å²) in [6.07, 6.45) is 9.72. The number of ether oxygens (including phenoxy) is 8. The van der Waals surface area contributed by atoms with Crippen molar-refractivity contribution in [3.8, 4) is 46.0 Å². The van der Waals surface area contributed by atoms with Crippen LogP contribution in [0.4, 0.5) is 63.5 Å². The summed E-state index contributed by atoms with van der Waals surface area (Å²) in [6, 6.07) is 45.8. The van der Waals surface area contributed by atoms with Gasteiger partial charge in [0.25, 0.3) is 23.6 Å². The Kier molecular flexibility index (Phi) is 26.1. The maximum absolute atomic E-state index is 13.4. The third kappa shape index (κ3) is 18.4.